The molecule has 0 saturated carbocycles. The summed E-state index contributed by atoms with van der Waals surface area (Å²) in [6, 6.07) is 1.74. The van der Waals surface area contributed by atoms with Crippen molar-refractivity contribution in [1.82, 2.24) is 19.6 Å². The predicted molar refractivity (Wildman–Crippen MR) is 90.9 cm³/mol. The number of likely N-dealkylation sites (tertiary alicyclic amines) is 1. The fourth-order valence-corrected chi connectivity index (χ4v) is 4.72. The highest BCUT2D eigenvalue weighted by Gasteiger charge is 2.65. The Bertz CT molecular complexity index is 728. The van der Waals surface area contributed by atoms with Gasteiger partial charge in [0.25, 0.3) is 5.91 Å². The van der Waals surface area contributed by atoms with Crippen LogP contribution in [0.3, 0.4) is 0 Å². The van der Waals surface area contributed by atoms with Gasteiger partial charge in [-0.05, 0) is 25.8 Å². The summed E-state index contributed by atoms with van der Waals surface area (Å²) in [5.41, 5.74) is 0.815. The van der Waals surface area contributed by atoms with Gasteiger partial charge in [0.05, 0.1) is 30.8 Å². The Kier molecular flexibility index (Phi) is 3.68. The van der Waals surface area contributed by atoms with E-state index in [2.05, 4.69) is 18.9 Å². The highest BCUT2D eigenvalue weighted by Crippen LogP contribution is 2.49. The van der Waals surface area contributed by atoms with Gasteiger partial charge in [0.2, 0.25) is 5.91 Å². The Labute approximate surface area is 147 Å². The minimum Gasteiger partial charge on any atom is -0.351 e. The maximum atomic E-state index is 13.2. The number of hydrogen-bond donors (Lipinski definition) is 0. The summed E-state index contributed by atoms with van der Waals surface area (Å²) < 4.78 is 7.94. The molecular weight excluding hydrogens is 320 g/mol. The number of ether oxygens (including phenoxy) is 1. The second-order valence-corrected chi connectivity index (χ2v) is 7.69. The van der Waals surface area contributed by atoms with Crippen LogP contribution in [0, 0.1) is 12.8 Å². The Hall–Kier alpha value is -1.89. The minimum absolute atomic E-state index is 0.0458. The average molecular weight is 346 g/mol. The maximum Gasteiger partial charge on any atom is 0.272 e. The molecule has 3 aliphatic heterocycles. The van der Waals surface area contributed by atoms with E-state index in [1.807, 2.05) is 29.7 Å². The van der Waals surface area contributed by atoms with E-state index >= 15 is 0 Å². The first kappa shape index (κ1) is 16.6. The molecule has 3 atom stereocenters. The van der Waals surface area contributed by atoms with Crippen LogP contribution in [-0.4, -0.2) is 62.4 Å². The zero-order valence-electron chi connectivity index (χ0n) is 15.4. The number of aromatic nitrogens is 2. The molecule has 7 nitrogen and oxygen atoms in total. The van der Waals surface area contributed by atoms with Crippen molar-refractivity contribution in [1.29, 1.82) is 0 Å². The largest absolute Gasteiger partial charge is 0.351 e. The molecule has 1 aromatic heterocycles. The summed E-state index contributed by atoms with van der Waals surface area (Å²) in [5, 5.41) is 4.38. The van der Waals surface area contributed by atoms with Crippen LogP contribution in [-0.2, 0) is 16.1 Å². The first-order chi connectivity index (χ1) is 11.9. The van der Waals surface area contributed by atoms with Crippen molar-refractivity contribution in [3.05, 3.63) is 17.5 Å². The number of nitrogens with zero attached hydrogens (tertiary/aromatic N) is 4. The summed E-state index contributed by atoms with van der Waals surface area (Å²) in [6.45, 7) is 9.93. The Morgan fingerprint density at radius 2 is 2.24 bits per heavy atom. The van der Waals surface area contributed by atoms with E-state index in [0.29, 0.717) is 44.1 Å². The summed E-state index contributed by atoms with van der Waals surface area (Å²) in [6.07, 6.45) is 1.05. The van der Waals surface area contributed by atoms with Crippen LogP contribution in [0.4, 0.5) is 0 Å². The van der Waals surface area contributed by atoms with E-state index < -0.39 is 5.72 Å². The molecule has 1 aromatic rings. The molecule has 2 amide bonds. The van der Waals surface area contributed by atoms with Gasteiger partial charge in [0, 0.05) is 19.5 Å². The number of hydrogen-bond acceptors (Lipinski definition) is 4. The maximum absolute atomic E-state index is 13.2. The minimum atomic E-state index is -0.617. The van der Waals surface area contributed by atoms with Gasteiger partial charge in [0.1, 0.15) is 5.69 Å². The van der Waals surface area contributed by atoms with Crippen molar-refractivity contribution in [3.63, 3.8) is 0 Å². The molecule has 0 radical (unpaired) electrons. The molecule has 4 heterocycles. The summed E-state index contributed by atoms with van der Waals surface area (Å²) in [4.78, 5) is 29.6. The van der Waals surface area contributed by atoms with E-state index in [1.165, 1.54) is 0 Å². The van der Waals surface area contributed by atoms with E-state index in [1.54, 1.807) is 4.68 Å². The Morgan fingerprint density at radius 3 is 2.92 bits per heavy atom. The standard InChI is InChI=1S/C18H26N4O3/c1-5-21-13(8-12(4)19-21)17(24)20-7-6-18-15(20)9-16(23)22(18)14(10-25-18)11(2)3/h8,11,14-15H,5-7,9-10H2,1-4H3/t14-,15+,18-/m0/s1. The smallest absolute Gasteiger partial charge is 0.272 e. The molecule has 0 N–H and O–H groups in total. The third kappa shape index (κ3) is 2.18. The van der Waals surface area contributed by atoms with Gasteiger partial charge in [-0.2, -0.15) is 5.10 Å². The number of carbonyl (C=O) groups excluding carboxylic acids is 2. The van der Waals surface area contributed by atoms with Gasteiger partial charge in [-0.25, -0.2) is 0 Å². The second-order valence-electron chi connectivity index (χ2n) is 7.69. The SMILES string of the molecule is CCn1nc(C)cc1C(=O)N1CC[C@@]23OC[C@@H](C(C)C)N2C(=O)C[C@@H]13. The van der Waals surface area contributed by atoms with Crippen molar-refractivity contribution >= 4 is 11.8 Å². The average Bonchev–Trinajstić information content (AvgIpc) is 3.27. The van der Waals surface area contributed by atoms with Crippen LogP contribution in [0.15, 0.2) is 6.07 Å². The van der Waals surface area contributed by atoms with Crippen molar-refractivity contribution in [2.24, 2.45) is 5.92 Å². The summed E-state index contributed by atoms with van der Waals surface area (Å²) in [7, 11) is 0. The molecule has 0 aliphatic carbocycles. The molecule has 3 saturated heterocycles. The molecule has 4 rings (SSSR count). The highest BCUT2D eigenvalue weighted by atomic mass is 16.5. The van der Waals surface area contributed by atoms with Gasteiger partial charge in [0.15, 0.2) is 5.72 Å². The quantitative estimate of drug-likeness (QED) is 0.830. The number of rotatable bonds is 3. The van der Waals surface area contributed by atoms with E-state index in [9.17, 15) is 9.59 Å². The van der Waals surface area contributed by atoms with E-state index in [-0.39, 0.29) is 23.9 Å². The zero-order valence-corrected chi connectivity index (χ0v) is 15.4. The van der Waals surface area contributed by atoms with E-state index in [4.69, 9.17) is 4.74 Å². The first-order valence-electron chi connectivity index (χ1n) is 9.20. The monoisotopic (exact) mass is 346 g/mol. The van der Waals surface area contributed by atoms with Crippen molar-refractivity contribution in [3.8, 4) is 0 Å². The molecule has 1 spiro atoms. The lowest BCUT2D eigenvalue weighted by molar-refractivity contribution is -0.139. The van der Waals surface area contributed by atoms with Gasteiger partial charge < -0.3 is 14.5 Å². The van der Waals surface area contributed by atoms with Crippen molar-refractivity contribution in [2.45, 2.75) is 64.9 Å². The third-order valence-corrected chi connectivity index (χ3v) is 5.94. The highest BCUT2D eigenvalue weighted by molar-refractivity contribution is 5.94. The van der Waals surface area contributed by atoms with Crippen LogP contribution in [0.25, 0.3) is 0 Å². The van der Waals surface area contributed by atoms with Gasteiger partial charge in [-0.15, -0.1) is 0 Å². The Balaban J connectivity index is 1.65. The van der Waals surface area contributed by atoms with Crippen LogP contribution in [0.5, 0.6) is 0 Å². The summed E-state index contributed by atoms with van der Waals surface area (Å²) in [5.74, 6) is 0.408. The Morgan fingerprint density at radius 1 is 1.48 bits per heavy atom. The molecule has 0 bridgehead atoms. The molecular formula is C18H26N4O3. The van der Waals surface area contributed by atoms with Crippen LogP contribution in [0.2, 0.25) is 0 Å². The second kappa shape index (κ2) is 5.56. The van der Waals surface area contributed by atoms with Crippen molar-refractivity contribution in [2.75, 3.05) is 13.2 Å². The fourth-order valence-electron chi connectivity index (χ4n) is 4.72. The molecule has 7 heteroatoms. The van der Waals surface area contributed by atoms with Gasteiger partial charge >= 0.3 is 0 Å². The molecule has 3 aliphatic rings. The number of aryl methyl sites for hydroxylation is 2. The number of carbonyl (C=O) groups is 2. The molecule has 3 fully saturated rings. The third-order valence-electron chi connectivity index (χ3n) is 5.94. The first-order valence-corrected chi connectivity index (χ1v) is 9.20. The van der Waals surface area contributed by atoms with Crippen molar-refractivity contribution < 1.29 is 14.3 Å². The van der Waals surface area contributed by atoms with Crippen LogP contribution >= 0.6 is 0 Å². The van der Waals surface area contributed by atoms with Crippen LogP contribution < -0.4 is 0 Å². The zero-order chi connectivity index (χ0) is 17.9. The predicted octanol–water partition coefficient (Wildman–Crippen LogP) is 1.41. The van der Waals surface area contributed by atoms with Gasteiger partial charge in [-0.3, -0.25) is 14.3 Å². The normalized spacial score (nSPS) is 31.2. The van der Waals surface area contributed by atoms with Crippen LogP contribution in [0.1, 0.15) is 49.8 Å². The topological polar surface area (TPSA) is 67.7 Å². The molecule has 0 aromatic carbocycles. The molecule has 25 heavy (non-hydrogen) atoms. The van der Waals surface area contributed by atoms with E-state index in [0.717, 1.165) is 5.69 Å². The van der Waals surface area contributed by atoms with Gasteiger partial charge in [-0.1, -0.05) is 13.8 Å². The lowest BCUT2D eigenvalue weighted by atomic mass is 10.0. The fraction of sp³-hybridized carbons (Fsp3) is 0.722. The number of amides is 2. The molecule has 0 unspecified atom stereocenters. The summed E-state index contributed by atoms with van der Waals surface area (Å²) >= 11 is 0. The lowest BCUT2D eigenvalue weighted by Gasteiger charge is -2.34. The lowest BCUT2D eigenvalue weighted by Crippen LogP contribution is -2.51. The molecule has 136 valence electrons.